The van der Waals surface area contributed by atoms with E-state index >= 15 is 0 Å². The fraction of sp³-hybridized carbons (Fsp3) is 0.143. The van der Waals surface area contributed by atoms with Gasteiger partial charge in [0.25, 0.3) is 0 Å². The molecule has 0 amide bonds. The van der Waals surface area contributed by atoms with Gasteiger partial charge in [0.05, 0.1) is 0 Å². The van der Waals surface area contributed by atoms with Gasteiger partial charge in [-0.05, 0) is 57.2 Å². The van der Waals surface area contributed by atoms with Crippen LogP contribution in [0.1, 0.15) is 18.1 Å². The minimum Gasteiger partial charge on any atom is -0.0683 e. The van der Waals surface area contributed by atoms with E-state index in [1.54, 1.807) is 0 Å². The van der Waals surface area contributed by atoms with Gasteiger partial charge >= 0.3 is 0 Å². The normalized spacial score (nSPS) is 14.1. The van der Waals surface area contributed by atoms with E-state index in [2.05, 4.69) is 59.3 Å². The maximum absolute atomic E-state index is 3.73. The van der Waals surface area contributed by atoms with Gasteiger partial charge in [0.15, 0.2) is 0 Å². The number of fused-ring (bicyclic) bond motifs is 2. The Morgan fingerprint density at radius 3 is 2.87 bits per heavy atom. The second kappa shape index (κ2) is 3.21. The lowest BCUT2D eigenvalue weighted by Crippen LogP contribution is -1.87. The number of rotatable bonds is 0. The van der Waals surface area contributed by atoms with E-state index < -0.39 is 0 Å². The summed E-state index contributed by atoms with van der Waals surface area (Å²) in [5, 5.41) is 2.63. The molecule has 0 aliphatic heterocycles. The molecule has 74 valence electrons. The molecule has 0 saturated carbocycles. The first-order chi connectivity index (χ1) is 7.25. The summed E-state index contributed by atoms with van der Waals surface area (Å²) in [6, 6.07) is 10.8. The van der Waals surface area contributed by atoms with Crippen LogP contribution < -0.4 is 0 Å². The van der Waals surface area contributed by atoms with Crippen molar-refractivity contribution in [1.82, 2.24) is 0 Å². The van der Waals surface area contributed by atoms with Crippen LogP contribution in [0.3, 0.4) is 0 Å². The Morgan fingerprint density at radius 1 is 1.20 bits per heavy atom. The first-order valence-electron chi connectivity index (χ1n) is 5.13. The summed E-state index contributed by atoms with van der Waals surface area (Å²) in [6.07, 6.45) is 3.37. The standard InChI is InChI=1S/C14H11Br/c1-9-6-11-8-10-4-2-3-5-12(10)14(15)13(11)7-9/h2-6,8H,7H2,1H3. The Balaban J connectivity index is 2.41. The molecule has 0 N–H and O–H groups in total. The minimum atomic E-state index is 1.08. The zero-order valence-corrected chi connectivity index (χ0v) is 10.1. The molecule has 1 heteroatoms. The molecule has 0 bridgehead atoms. The smallest absolute Gasteiger partial charge is 0.0294 e. The van der Waals surface area contributed by atoms with Crippen LogP contribution >= 0.6 is 15.9 Å². The molecule has 1 aliphatic carbocycles. The third kappa shape index (κ3) is 1.34. The SMILES string of the molecule is CC1=Cc2cc3ccccc3c(Br)c2C1. The van der Waals surface area contributed by atoms with Crippen molar-refractivity contribution < 1.29 is 0 Å². The predicted molar refractivity (Wildman–Crippen MR) is 69.0 cm³/mol. The topological polar surface area (TPSA) is 0 Å². The molecule has 2 aromatic carbocycles. The summed E-state index contributed by atoms with van der Waals surface area (Å²) in [5.74, 6) is 0. The Labute approximate surface area is 97.7 Å². The van der Waals surface area contributed by atoms with E-state index in [9.17, 15) is 0 Å². The maximum Gasteiger partial charge on any atom is 0.0294 e. The zero-order chi connectivity index (χ0) is 10.4. The summed E-state index contributed by atoms with van der Waals surface area (Å²) in [6.45, 7) is 2.19. The molecule has 0 radical (unpaired) electrons. The predicted octanol–water partition coefficient (Wildman–Crippen LogP) is 4.56. The van der Waals surface area contributed by atoms with Crippen molar-refractivity contribution >= 4 is 32.8 Å². The van der Waals surface area contributed by atoms with Crippen molar-refractivity contribution in [2.45, 2.75) is 13.3 Å². The van der Waals surface area contributed by atoms with Gasteiger partial charge in [-0.15, -0.1) is 0 Å². The largest absolute Gasteiger partial charge is 0.0683 e. The fourth-order valence-corrected chi connectivity index (χ4v) is 3.00. The molecule has 0 atom stereocenters. The number of hydrogen-bond donors (Lipinski definition) is 0. The quantitative estimate of drug-likeness (QED) is 0.650. The lowest BCUT2D eigenvalue weighted by Gasteiger charge is -2.07. The molecule has 3 rings (SSSR count). The highest BCUT2D eigenvalue weighted by Crippen LogP contribution is 2.36. The summed E-state index contributed by atoms with van der Waals surface area (Å²) in [4.78, 5) is 0. The summed E-state index contributed by atoms with van der Waals surface area (Å²) >= 11 is 3.73. The monoisotopic (exact) mass is 258 g/mol. The van der Waals surface area contributed by atoms with E-state index in [-0.39, 0.29) is 0 Å². The Kier molecular flexibility index (Phi) is 1.96. The second-order valence-corrected chi connectivity index (χ2v) is 4.94. The molecule has 0 heterocycles. The van der Waals surface area contributed by atoms with Crippen molar-refractivity contribution in [2.75, 3.05) is 0 Å². The number of halogens is 1. The van der Waals surface area contributed by atoms with Crippen LogP contribution in [0.25, 0.3) is 16.8 Å². The lowest BCUT2D eigenvalue weighted by molar-refractivity contribution is 1.19. The van der Waals surface area contributed by atoms with Crippen molar-refractivity contribution in [2.24, 2.45) is 0 Å². The van der Waals surface area contributed by atoms with Crippen LogP contribution in [0.15, 0.2) is 40.4 Å². The first-order valence-corrected chi connectivity index (χ1v) is 5.92. The van der Waals surface area contributed by atoms with Crippen LogP contribution in [0.2, 0.25) is 0 Å². The van der Waals surface area contributed by atoms with E-state index in [0.29, 0.717) is 0 Å². The fourth-order valence-electron chi connectivity index (χ4n) is 2.27. The molecule has 1 aliphatic rings. The van der Waals surface area contributed by atoms with E-state index in [1.165, 1.54) is 31.9 Å². The van der Waals surface area contributed by atoms with Gasteiger partial charge in [-0.25, -0.2) is 0 Å². The van der Waals surface area contributed by atoms with Crippen LogP contribution in [0.5, 0.6) is 0 Å². The average molecular weight is 259 g/mol. The summed E-state index contributed by atoms with van der Waals surface area (Å²) in [7, 11) is 0. The maximum atomic E-state index is 3.73. The van der Waals surface area contributed by atoms with Crippen molar-refractivity contribution in [3.05, 3.63) is 51.5 Å². The van der Waals surface area contributed by atoms with Crippen molar-refractivity contribution in [3.63, 3.8) is 0 Å². The van der Waals surface area contributed by atoms with Gasteiger partial charge in [0.1, 0.15) is 0 Å². The molecule has 0 aromatic heterocycles. The van der Waals surface area contributed by atoms with Gasteiger partial charge in [-0.1, -0.05) is 35.9 Å². The molecular weight excluding hydrogens is 248 g/mol. The van der Waals surface area contributed by atoms with Gasteiger partial charge < -0.3 is 0 Å². The van der Waals surface area contributed by atoms with Crippen LogP contribution in [0, 0.1) is 0 Å². The van der Waals surface area contributed by atoms with Crippen LogP contribution in [0.4, 0.5) is 0 Å². The highest BCUT2D eigenvalue weighted by molar-refractivity contribution is 9.10. The number of allylic oxidation sites excluding steroid dienone is 1. The molecule has 0 spiro atoms. The Bertz CT molecular complexity index is 579. The molecule has 15 heavy (non-hydrogen) atoms. The molecule has 0 nitrogen and oxygen atoms in total. The minimum absolute atomic E-state index is 1.08. The third-order valence-corrected chi connectivity index (χ3v) is 3.88. The van der Waals surface area contributed by atoms with E-state index in [1.807, 2.05) is 0 Å². The van der Waals surface area contributed by atoms with Gasteiger partial charge in [-0.3, -0.25) is 0 Å². The molecule has 2 aromatic rings. The lowest BCUT2D eigenvalue weighted by atomic mass is 10.0. The van der Waals surface area contributed by atoms with Crippen molar-refractivity contribution in [3.8, 4) is 0 Å². The Hall–Kier alpha value is -1.08. The average Bonchev–Trinajstić information content (AvgIpc) is 2.59. The van der Waals surface area contributed by atoms with E-state index in [0.717, 1.165) is 6.42 Å². The van der Waals surface area contributed by atoms with Crippen LogP contribution in [-0.2, 0) is 6.42 Å². The number of benzene rings is 2. The molecule has 0 saturated heterocycles. The van der Waals surface area contributed by atoms with E-state index in [4.69, 9.17) is 0 Å². The van der Waals surface area contributed by atoms with Crippen LogP contribution in [-0.4, -0.2) is 0 Å². The molecular formula is C14H11Br. The van der Waals surface area contributed by atoms with Gasteiger partial charge in [-0.2, -0.15) is 0 Å². The summed E-state index contributed by atoms with van der Waals surface area (Å²) in [5.41, 5.74) is 4.25. The molecule has 0 fully saturated rings. The zero-order valence-electron chi connectivity index (χ0n) is 8.55. The molecule has 0 unspecified atom stereocenters. The first kappa shape index (κ1) is 9.17. The third-order valence-electron chi connectivity index (χ3n) is 2.98. The highest BCUT2D eigenvalue weighted by Gasteiger charge is 2.15. The van der Waals surface area contributed by atoms with Crippen molar-refractivity contribution in [1.29, 1.82) is 0 Å². The van der Waals surface area contributed by atoms with Gasteiger partial charge in [0.2, 0.25) is 0 Å². The highest BCUT2D eigenvalue weighted by atomic mass is 79.9. The Morgan fingerprint density at radius 2 is 2.00 bits per heavy atom. The number of hydrogen-bond acceptors (Lipinski definition) is 0. The van der Waals surface area contributed by atoms with Gasteiger partial charge in [0, 0.05) is 4.47 Å². The summed E-state index contributed by atoms with van der Waals surface area (Å²) < 4.78 is 1.27. The second-order valence-electron chi connectivity index (χ2n) is 4.15.